The van der Waals surface area contributed by atoms with Gasteiger partial charge in [-0.2, -0.15) is 0 Å². The zero-order chi connectivity index (χ0) is 14.5. The lowest BCUT2D eigenvalue weighted by molar-refractivity contribution is -0.130. The molecule has 110 valence electrons. The number of hydrogen-bond acceptors (Lipinski definition) is 2. The van der Waals surface area contributed by atoms with Crippen LogP contribution < -0.4 is 0 Å². The van der Waals surface area contributed by atoms with Crippen LogP contribution in [0, 0.1) is 11.7 Å². The molecule has 1 aromatic rings. The van der Waals surface area contributed by atoms with E-state index in [4.69, 9.17) is 11.6 Å². The van der Waals surface area contributed by atoms with Gasteiger partial charge < -0.3 is 4.90 Å². The summed E-state index contributed by atoms with van der Waals surface area (Å²) >= 11 is 7.16. The van der Waals surface area contributed by atoms with Crippen molar-refractivity contribution in [1.29, 1.82) is 0 Å². The Balaban J connectivity index is 1.79. The second-order valence-corrected chi connectivity index (χ2v) is 6.74. The lowest BCUT2D eigenvalue weighted by Crippen LogP contribution is -2.40. The topological polar surface area (TPSA) is 20.3 Å². The second kappa shape index (κ2) is 7.32. The summed E-state index contributed by atoms with van der Waals surface area (Å²) in [5.74, 6) is 1.36. The SMILES string of the molecule is C[C@H]1CCCN(C(=O)CSCc2ccc(Cl)cc2F)C1. The zero-order valence-electron chi connectivity index (χ0n) is 11.6. The molecule has 1 amide bonds. The third-order valence-electron chi connectivity index (χ3n) is 3.51. The lowest BCUT2D eigenvalue weighted by Gasteiger charge is -2.30. The van der Waals surface area contributed by atoms with Crippen LogP contribution in [0.3, 0.4) is 0 Å². The number of piperidine rings is 1. The molecule has 1 aliphatic rings. The van der Waals surface area contributed by atoms with Gasteiger partial charge in [-0.1, -0.05) is 24.6 Å². The Hall–Kier alpha value is -0.740. The van der Waals surface area contributed by atoms with Crippen molar-refractivity contribution in [2.24, 2.45) is 5.92 Å². The van der Waals surface area contributed by atoms with E-state index in [1.807, 2.05) is 4.90 Å². The van der Waals surface area contributed by atoms with Gasteiger partial charge in [0.2, 0.25) is 5.91 Å². The first-order valence-corrected chi connectivity index (χ1v) is 8.39. The van der Waals surface area contributed by atoms with Crippen molar-refractivity contribution in [2.45, 2.75) is 25.5 Å². The van der Waals surface area contributed by atoms with Crippen LogP contribution in [0.25, 0.3) is 0 Å². The number of thioether (sulfide) groups is 1. The molecule has 20 heavy (non-hydrogen) atoms. The first kappa shape index (κ1) is 15.6. The molecule has 0 spiro atoms. The summed E-state index contributed by atoms with van der Waals surface area (Å²) < 4.78 is 13.6. The Kier molecular flexibility index (Phi) is 5.73. The van der Waals surface area contributed by atoms with Gasteiger partial charge in [-0.25, -0.2) is 4.39 Å². The zero-order valence-corrected chi connectivity index (χ0v) is 13.1. The van der Waals surface area contributed by atoms with Crippen LogP contribution in [0.5, 0.6) is 0 Å². The van der Waals surface area contributed by atoms with E-state index >= 15 is 0 Å². The molecule has 1 heterocycles. The molecule has 0 radical (unpaired) electrons. The van der Waals surface area contributed by atoms with E-state index in [0.717, 1.165) is 19.5 Å². The molecule has 2 rings (SSSR count). The van der Waals surface area contributed by atoms with E-state index in [1.165, 1.54) is 24.2 Å². The van der Waals surface area contributed by atoms with Gasteiger partial charge in [0.05, 0.1) is 5.75 Å². The van der Waals surface area contributed by atoms with Crippen LogP contribution >= 0.6 is 23.4 Å². The summed E-state index contributed by atoms with van der Waals surface area (Å²) in [6.07, 6.45) is 2.29. The Morgan fingerprint density at radius 3 is 3.05 bits per heavy atom. The third kappa shape index (κ3) is 4.38. The smallest absolute Gasteiger partial charge is 0.232 e. The molecular weight excluding hydrogens is 297 g/mol. The summed E-state index contributed by atoms with van der Waals surface area (Å²) in [6.45, 7) is 3.89. The Morgan fingerprint density at radius 1 is 1.55 bits per heavy atom. The van der Waals surface area contributed by atoms with Gasteiger partial charge in [-0.3, -0.25) is 4.79 Å². The fourth-order valence-electron chi connectivity index (χ4n) is 2.39. The highest BCUT2D eigenvalue weighted by atomic mass is 35.5. The quantitative estimate of drug-likeness (QED) is 0.838. The number of carbonyl (C=O) groups excluding carboxylic acids is 1. The fourth-order valence-corrected chi connectivity index (χ4v) is 3.47. The van der Waals surface area contributed by atoms with Crippen LogP contribution in [0.1, 0.15) is 25.3 Å². The molecule has 0 N–H and O–H groups in total. The molecule has 0 aliphatic carbocycles. The standard InChI is InChI=1S/C15H19ClFNOS/c1-11-3-2-6-18(8-11)15(19)10-20-9-12-4-5-13(16)7-14(12)17/h4-5,7,11H,2-3,6,8-10H2,1H3/t11-/m0/s1. The molecule has 1 saturated heterocycles. The molecule has 2 nitrogen and oxygen atoms in total. The highest BCUT2D eigenvalue weighted by molar-refractivity contribution is 7.99. The largest absolute Gasteiger partial charge is 0.342 e. The predicted octanol–water partition coefficient (Wildman–Crippen LogP) is 3.97. The molecule has 1 aromatic carbocycles. The number of likely N-dealkylation sites (tertiary alicyclic amines) is 1. The van der Waals surface area contributed by atoms with Gasteiger partial charge in [-0.05, 0) is 36.5 Å². The first-order valence-electron chi connectivity index (χ1n) is 6.85. The maximum absolute atomic E-state index is 13.6. The van der Waals surface area contributed by atoms with Crippen molar-refractivity contribution in [3.63, 3.8) is 0 Å². The minimum Gasteiger partial charge on any atom is -0.342 e. The van der Waals surface area contributed by atoms with E-state index in [2.05, 4.69) is 6.92 Å². The third-order valence-corrected chi connectivity index (χ3v) is 4.71. The maximum Gasteiger partial charge on any atom is 0.232 e. The van der Waals surface area contributed by atoms with Crippen molar-refractivity contribution in [1.82, 2.24) is 4.90 Å². The summed E-state index contributed by atoms with van der Waals surface area (Å²) in [6, 6.07) is 4.67. The van der Waals surface area contributed by atoms with E-state index in [9.17, 15) is 9.18 Å². The van der Waals surface area contributed by atoms with Gasteiger partial charge in [-0.15, -0.1) is 11.8 Å². The van der Waals surface area contributed by atoms with E-state index in [0.29, 0.717) is 28.0 Å². The number of hydrogen-bond donors (Lipinski definition) is 0. The molecule has 0 unspecified atom stereocenters. The van der Waals surface area contributed by atoms with Crippen molar-refractivity contribution < 1.29 is 9.18 Å². The normalized spacial score (nSPS) is 19.1. The summed E-state index contributed by atoms with van der Waals surface area (Å²) in [5.41, 5.74) is 0.596. The molecule has 0 aromatic heterocycles. The Morgan fingerprint density at radius 2 is 2.35 bits per heavy atom. The maximum atomic E-state index is 13.6. The van der Waals surface area contributed by atoms with Gasteiger partial charge >= 0.3 is 0 Å². The van der Waals surface area contributed by atoms with Gasteiger partial charge in [0.15, 0.2) is 0 Å². The Bertz CT molecular complexity index is 483. The molecular formula is C15H19ClFNOS. The van der Waals surface area contributed by atoms with Crippen molar-refractivity contribution in [3.05, 3.63) is 34.6 Å². The Labute approximate surface area is 128 Å². The van der Waals surface area contributed by atoms with Crippen LogP contribution in [0.15, 0.2) is 18.2 Å². The molecule has 1 atom stereocenters. The van der Waals surface area contributed by atoms with Gasteiger partial charge in [0, 0.05) is 23.9 Å². The van der Waals surface area contributed by atoms with E-state index < -0.39 is 0 Å². The number of nitrogens with zero attached hydrogens (tertiary/aromatic N) is 1. The molecule has 1 fully saturated rings. The molecule has 0 bridgehead atoms. The summed E-state index contributed by atoms with van der Waals surface area (Å²) in [4.78, 5) is 14.0. The molecule has 0 saturated carbocycles. The second-order valence-electron chi connectivity index (χ2n) is 5.32. The van der Waals surface area contributed by atoms with Crippen molar-refractivity contribution >= 4 is 29.3 Å². The predicted molar refractivity (Wildman–Crippen MR) is 82.6 cm³/mol. The number of amides is 1. The number of carbonyl (C=O) groups is 1. The van der Waals surface area contributed by atoms with Crippen molar-refractivity contribution in [2.75, 3.05) is 18.8 Å². The number of halogens is 2. The molecule has 1 aliphatic heterocycles. The van der Waals surface area contributed by atoms with Crippen LogP contribution in [-0.2, 0) is 10.5 Å². The molecule has 5 heteroatoms. The minimum atomic E-state index is -0.302. The fraction of sp³-hybridized carbons (Fsp3) is 0.533. The average molecular weight is 316 g/mol. The minimum absolute atomic E-state index is 0.163. The van der Waals surface area contributed by atoms with Crippen LogP contribution in [-0.4, -0.2) is 29.6 Å². The average Bonchev–Trinajstić information content (AvgIpc) is 2.41. The van der Waals surface area contributed by atoms with Crippen molar-refractivity contribution in [3.8, 4) is 0 Å². The summed E-state index contributed by atoms with van der Waals surface area (Å²) in [5, 5.41) is 0.398. The van der Waals surface area contributed by atoms with E-state index in [-0.39, 0.29) is 11.7 Å². The lowest BCUT2D eigenvalue weighted by atomic mass is 10.0. The van der Waals surface area contributed by atoms with Crippen LogP contribution in [0.4, 0.5) is 4.39 Å². The monoisotopic (exact) mass is 315 g/mol. The first-order chi connectivity index (χ1) is 9.56. The highest BCUT2D eigenvalue weighted by Crippen LogP contribution is 2.21. The van der Waals surface area contributed by atoms with Gasteiger partial charge in [0.25, 0.3) is 0 Å². The van der Waals surface area contributed by atoms with Gasteiger partial charge in [0.1, 0.15) is 5.82 Å². The number of benzene rings is 1. The highest BCUT2D eigenvalue weighted by Gasteiger charge is 2.20. The number of rotatable bonds is 4. The van der Waals surface area contributed by atoms with Crippen LogP contribution in [0.2, 0.25) is 5.02 Å². The summed E-state index contributed by atoms with van der Waals surface area (Å²) in [7, 11) is 0. The van der Waals surface area contributed by atoms with E-state index in [1.54, 1.807) is 12.1 Å².